The molecule has 0 N–H and O–H groups in total. The molecule has 216 valence electrons. The topological polar surface area (TPSA) is 104 Å². The molecule has 0 radical (unpaired) electrons. The smallest absolute Gasteiger partial charge is 0.333 e. The zero-order chi connectivity index (χ0) is 29.9. The van der Waals surface area contributed by atoms with Gasteiger partial charge in [0.25, 0.3) is 0 Å². The molecule has 1 heterocycles. The molecule has 0 saturated heterocycles. The lowest BCUT2D eigenvalue weighted by atomic mass is 9.99. The van der Waals surface area contributed by atoms with Crippen LogP contribution in [0, 0.1) is 17.1 Å². The summed E-state index contributed by atoms with van der Waals surface area (Å²) < 4.78 is 78.5. The second-order valence-corrected chi connectivity index (χ2v) is 12.5. The van der Waals surface area contributed by atoms with Gasteiger partial charge in [-0.05, 0) is 55.2 Å². The number of hydrogen-bond donors (Lipinski definition) is 0. The molecule has 4 rings (SSSR count). The first-order valence-corrected chi connectivity index (χ1v) is 14.9. The van der Waals surface area contributed by atoms with Gasteiger partial charge in [-0.3, -0.25) is 4.79 Å². The average molecular weight is 589 g/mol. The number of amides is 1. The molecule has 1 amide bonds. The van der Waals surface area contributed by atoms with Gasteiger partial charge in [0.1, 0.15) is 11.6 Å². The van der Waals surface area contributed by atoms with E-state index in [2.05, 4.69) is 4.98 Å². The number of carbonyl (C=O) groups is 1. The number of nitriles is 1. The lowest BCUT2D eigenvalue weighted by Gasteiger charge is -2.30. The number of carbonyl (C=O) groups excluding carboxylic acids is 1. The van der Waals surface area contributed by atoms with Gasteiger partial charge in [0, 0.05) is 30.0 Å². The molecular formula is C29H28F4N4O3S. The minimum atomic E-state index is -4.94. The molecule has 1 fully saturated rings. The van der Waals surface area contributed by atoms with Gasteiger partial charge in [0.05, 0.1) is 41.1 Å². The number of halogens is 4. The third-order valence-corrected chi connectivity index (χ3v) is 8.75. The van der Waals surface area contributed by atoms with E-state index in [4.69, 9.17) is 4.98 Å². The van der Waals surface area contributed by atoms with Gasteiger partial charge in [-0.15, -0.1) is 0 Å². The number of sulfone groups is 1. The third kappa shape index (κ3) is 7.27. The van der Waals surface area contributed by atoms with E-state index in [0.717, 1.165) is 18.9 Å². The summed E-state index contributed by atoms with van der Waals surface area (Å²) in [6.45, 7) is 2.94. The Kier molecular flexibility index (Phi) is 8.77. The van der Waals surface area contributed by atoms with Crippen LogP contribution in [0.2, 0.25) is 0 Å². The van der Waals surface area contributed by atoms with Crippen molar-refractivity contribution in [1.82, 2.24) is 14.9 Å². The highest BCUT2D eigenvalue weighted by atomic mass is 32.2. The first-order valence-electron chi connectivity index (χ1n) is 13.1. The van der Waals surface area contributed by atoms with Crippen LogP contribution in [0.1, 0.15) is 66.9 Å². The van der Waals surface area contributed by atoms with Gasteiger partial charge in [-0.2, -0.15) is 18.4 Å². The van der Waals surface area contributed by atoms with Gasteiger partial charge in [0.2, 0.25) is 5.91 Å². The largest absolute Gasteiger partial charge is 0.419 e. The Morgan fingerprint density at radius 2 is 1.85 bits per heavy atom. The van der Waals surface area contributed by atoms with Crippen molar-refractivity contribution >= 4 is 15.7 Å². The van der Waals surface area contributed by atoms with Gasteiger partial charge in [-0.1, -0.05) is 25.1 Å². The number of rotatable bonds is 10. The van der Waals surface area contributed by atoms with Crippen LogP contribution in [-0.2, 0) is 27.2 Å². The highest BCUT2D eigenvalue weighted by Gasteiger charge is 2.35. The van der Waals surface area contributed by atoms with Crippen LogP contribution in [0.15, 0.2) is 48.7 Å². The average Bonchev–Trinajstić information content (AvgIpc) is 3.79. The molecular weight excluding hydrogens is 560 g/mol. The van der Waals surface area contributed by atoms with E-state index in [1.807, 2.05) is 6.07 Å². The van der Waals surface area contributed by atoms with Crippen LogP contribution < -0.4 is 0 Å². The molecule has 1 saturated carbocycles. The van der Waals surface area contributed by atoms with Crippen molar-refractivity contribution in [2.75, 3.05) is 18.1 Å². The first-order chi connectivity index (χ1) is 19.3. The lowest BCUT2D eigenvalue weighted by molar-refractivity contribution is -0.140. The molecule has 2 aromatic carbocycles. The monoisotopic (exact) mass is 588 g/mol. The quantitative estimate of drug-likeness (QED) is 0.285. The molecule has 1 aliphatic carbocycles. The highest BCUT2D eigenvalue weighted by molar-refractivity contribution is 7.91. The Morgan fingerprint density at radius 3 is 2.44 bits per heavy atom. The summed E-state index contributed by atoms with van der Waals surface area (Å²) in [5.41, 5.74) is 0.595. The van der Waals surface area contributed by atoms with E-state index in [1.165, 1.54) is 11.8 Å². The Morgan fingerprint density at radius 1 is 1.17 bits per heavy atom. The van der Waals surface area contributed by atoms with E-state index in [9.17, 15) is 36.0 Å². The van der Waals surface area contributed by atoms with E-state index in [1.54, 1.807) is 37.4 Å². The Bertz CT molecular complexity index is 1580. The zero-order valence-electron chi connectivity index (χ0n) is 22.4. The molecule has 0 bridgehead atoms. The van der Waals surface area contributed by atoms with Crippen LogP contribution in [0.25, 0.3) is 11.1 Å². The molecule has 0 aliphatic heterocycles. The summed E-state index contributed by atoms with van der Waals surface area (Å²) in [5.74, 6) is -1.84. The van der Waals surface area contributed by atoms with Crippen molar-refractivity contribution in [1.29, 1.82) is 5.26 Å². The van der Waals surface area contributed by atoms with E-state index in [0.29, 0.717) is 40.3 Å². The molecule has 12 heteroatoms. The maximum atomic E-state index is 13.8. The number of alkyl halides is 3. The number of hydrogen-bond acceptors (Lipinski definition) is 6. The summed E-state index contributed by atoms with van der Waals surface area (Å²) in [7, 11) is -3.51. The maximum absolute atomic E-state index is 13.8. The molecule has 41 heavy (non-hydrogen) atoms. The van der Waals surface area contributed by atoms with Crippen LogP contribution in [0.5, 0.6) is 0 Å². The normalized spacial score (nSPS) is 14.4. The fraction of sp³-hybridized carbons (Fsp3) is 0.379. The summed E-state index contributed by atoms with van der Waals surface area (Å²) in [5, 5.41) is 9.17. The molecule has 1 aliphatic rings. The molecule has 3 aromatic rings. The summed E-state index contributed by atoms with van der Waals surface area (Å²) in [6.07, 6.45) is -2.00. The van der Waals surface area contributed by atoms with Crippen molar-refractivity contribution in [3.8, 4) is 17.2 Å². The van der Waals surface area contributed by atoms with Crippen molar-refractivity contribution in [2.45, 2.75) is 51.2 Å². The SMILES string of the molecule is CCS(=O)(=O)CCN(C(=O)Cc1ccc(F)c(C(F)(F)F)c1)C(C)c1nc(C2CC2)ncc1-c1ccc(C#N)cc1. The lowest BCUT2D eigenvalue weighted by Crippen LogP contribution is -2.39. The second-order valence-electron chi connectivity index (χ2n) is 9.98. The Labute approximate surface area is 235 Å². The van der Waals surface area contributed by atoms with Crippen molar-refractivity contribution in [3.63, 3.8) is 0 Å². The number of nitrogens with zero attached hydrogens (tertiary/aromatic N) is 4. The standard InChI is InChI=1S/C29H28F4N4O3S/c1-3-41(39,40)13-12-37(26(38)15-20-6-11-25(30)24(14-20)29(31,32)33)18(2)27-23(17-35-28(36-27)22-9-10-22)21-7-4-19(16-34)5-8-21/h4-8,11,14,17-18,22H,3,9-10,12-13,15H2,1-2H3. The Hall–Kier alpha value is -3.85. The minimum absolute atomic E-state index is 0.0621. The van der Waals surface area contributed by atoms with Gasteiger partial charge in [0.15, 0.2) is 9.84 Å². The van der Waals surface area contributed by atoms with Crippen molar-refractivity contribution in [2.24, 2.45) is 0 Å². The van der Waals surface area contributed by atoms with Gasteiger partial charge >= 0.3 is 6.18 Å². The predicted octanol–water partition coefficient (Wildman–Crippen LogP) is 5.62. The first kappa shape index (κ1) is 30.1. The molecule has 1 atom stereocenters. The maximum Gasteiger partial charge on any atom is 0.419 e. The second kappa shape index (κ2) is 11.9. The fourth-order valence-electron chi connectivity index (χ4n) is 4.45. The predicted molar refractivity (Wildman–Crippen MR) is 144 cm³/mol. The summed E-state index contributed by atoms with van der Waals surface area (Å²) in [6, 6.07) is 10.3. The van der Waals surface area contributed by atoms with Crippen molar-refractivity contribution < 1.29 is 30.8 Å². The number of aromatic nitrogens is 2. The van der Waals surface area contributed by atoms with Gasteiger partial charge in [-0.25, -0.2) is 22.8 Å². The van der Waals surface area contributed by atoms with E-state index < -0.39 is 45.8 Å². The highest BCUT2D eigenvalue weighted by Crippen LogP contribution is 2.40. The molecule has 1 unspecified atom stereocenters. The van der Waals surface area contributed by atoms with E-state index >= 15 is 0 Å². The fourth-order valence-corrected chi connectivity index (χ4v) is 5.22. The van der Waals surface area contributed by atoms with Crippen LogP contribution in [-0.4, -0.2) is 47.2 Å². The van der Waals surface area contributed by atoms with Gasteiger partial charge < -0.3 is 4.90 Å². The zero-order valence-corrected chi connectivity index (χ0v) is 23.3. The van der Waals surface area contributed by atoms with E-state index in [-0.39, 0.29) is 29.5 Å². The molecule has 1 aromatic heterocycles. The molecule has 0 spiro atoms. The summed E-state index contributed by atoms with van der Waals surface area (Å²) in [4.78, 5) is 24.2. The Balaban J connectivity index is 1.74. The molecule has 7 nitrogen and oxygen atoms in total. The number of benzene rings is 2. The van der Waals surface area contributed by atoms with Crippen LogP contribution in [0.4, 0.5) is 17.6 Å². The van der Waals surface area contributed by atoms with Crippen LogP contribution in [0.3, 0.4) is 0 Å². The minimum Gasteiger partial charge on any atom is -0.333 e. The van der Waals surface area contributed by atoms with Crippen molar-refractivity contribution in [3.05, 3.63) is 82.7 Å². The summed E-state index contributed by atoms with van der Waals surface area (Å²) >= 11 is 0. The third-order valence-electron chi connectivity index (χ3n) is 7.06. The van der Waals surface area contributed by atoms with Crippen LogP contribution >= 0.6 is 0 Å².